The fraction of sp³-hybridized carbons (Fsp3) is 0.526. The van der Waals surface area contributed by atoms with Crippen molar-refractivity contribution >= 4 is 17.6 Å². The quantitative estimate of drug-likeness (QED) is 0.540. The van der Waals surface area contributed by atoms with Gasteiger partial charge in [0.2, 0.25) is 11.7 Å². The van der Waals surface area contributed by atoms with E-state index in [1.165, 1.54) is 0 Å². The molecule has 0 heterocycles. The fourth-order valence-corrected chi connectivity index (χ4v) is 2.46. The van der Waals surface area contributed by atoms with Gasteiger partial charge in [-0.25, -0.2) is 0 Å². The van der Waals surface area contributed by atoms with E-state index in [2.05, 4.69) is 10.6 Å². The molecule has 0 spiro atoms. The average molecular weight is 363 g/mol. The van der Waals surface area contributed by atoms with Gasteiger partial charge in [-0.05, 0) is 36.5 Å². The highest BCUT2D eigenvalue weighted by molar-refractivity contribution is 6.38. The molecule has 1 aromatic carbocycles. The number of amides is 2. The van der Waals surface area contributed by atoms with E-state index in [0.717, 1.165) is 5.56 Å². The number of Topliss-reactive ketones (excluding diaryl/α,β-unsaturated/α-hetero) is 1. The molecule has 0 saturated carbocycles. The topological polar surface area (TPSA) is 111 Å². The first kappa shape index (κ1) is 21.6. The summed E-state index contributed by atoms with van der Waals surface area (Å²) in [6, 6.07) is 5.60. The summed E-state index contributed by atoms with van der Waals surface area (Å²) >= 11 is 0. The van der Waals surface area contributed by atoms with E-state index in [0.29, 0.717) is 18.6 Å². The highest BCUT2D eigenvalue weighted by Gasteiger charge is 2.27. The summed E-state index contributed by atoms with van der Waals surface area (Å²) in [5, 5.41) is 5.15. The van der Waals surface area contributed by atoms with E-state index in [4.69, 9.17) is 10.5 Å². The van der Waals surface area contributed by atoms with Gasteiger partial charge < -0.3 is 21.1 Å². The maximum atomic E-state index is 12.3. The highest BCUT2D eigenvalue weighted by atomic mass is 16.5. The maximum Gasteiger partial charge on any atom is 0.289 e. The Morgan fingerprint density at radius 3 is 2.50 bits per heavy atom. The van der Waals surface area contributed by atoms with Crippen molar-refractivity contribution in [2.75, 3.05) is 7.11 Å². The molecule has 0 aliphatic heterocycles. The number of methoxy groups -OCH3 is 1. The van der Waals surface area contributed by atoms with Gasteiger partial charge in [0.25, 0.3) is 5.91 Å². The Labute approximate surface area is 154 Å². The molecule has 2 amide bonds. The van der Waals surface area contributed by atoms with Crippen molar-refractivity contribution in [2.24, 2.45) is 11.7 Å². The third-order valence-electron chi connectivity index (χ3n) is 3.91. The summed E-state index contributed by atoms with van der Waals surface area (Å²) in [4.78, 5) is 36.5. The second-order valence-electron chi connectivity index (χ2n) is 6.60. The van der Waals surface area contributed by atoms with Crippen LogP contribution >= 0.6 is 0 Å². The van der Waals surface area contributed by atoms with E-state index in [-0.39, 0.29) is 12.5 Å². The summed E-state index contributed by atoms with van der Waals surface area (Å²) in [7, 11) is 1.56. The monoisotopic (exact) mass is 363 g/mol. The van der Waals surface area contributed by atoms with Crippen LogP contribution in [0.2, 0.25) is 0 Å². The minimum atomic E-state index is -0.883. The third-order valence-corrected chi connectivity index (χ3v) is 3.91. The number of hydrogen-bond acceptors (Lipinski definition) is 5. The van der Waals surface area contributed by atoms with Crippen molar-refractivity contribution in [3.8, 4) is 5.75 Å². The molecule has 144 valence electrons. The van der Waals surface area contributed by atoms with Crippen LogP contribution in [0.3, 0.4) is 0 Å². The van der Waals surface area contributed by atoms with E-state index >= 15 is 0 Å². The summed E-state index contributed by atoms with van der Waals surface area (Å²) < 4.78 is 5.12. The zero-order chi connectivity index (χ0) is 19.7. The molecule has 1 aromatic rings. The van der Waals surface area contributed by atoms with Gasteiger partial charge in [-0.15, -0.1) is 0 Å². The molecule has 0 aliphatic carbocycles. The molecule has 4 N–H and O–H groups in total. The molecule has 0 fully saturated rings. The minimum Gasteiger partial charge on any atom is -0.497 e. The van der Waals surface area contributed by atoms with Crippen LogP contribution in [-0.2, 0) is 20.9 Å². The van der Waals surface area contributed by atoms with Crippen molar-refractivity contribution in [3.63, 3.8) is 0 Å². The second kappa shape index (κ2) is 10.6. The first-order chi connectivity index (χ1) is 12.3. The Balaban J connectivity index is 2.60. The lowest BCUT2D eigenvalue weighted by Crippen LogP contribution is -2.51. The van der Waals surface area contributed by atoms with Crippen LogP contribution in [0.15, 0.2) is 24.3 Å². The van der Waals surface area contributed by atoms with Gasteiger partial charge in [-0.2, -0.15) is 0 Å². The Morgan fingerprint density at radius 2 is 1.92 bits per heavy atom. The van der Waals surface area contributed by atoms with Gasteiger partial charge in [-0.1, -0.05) is 32.9 Å². The van der Waals surface area contributed by atoms with Crippen LogP contribution < -0.4 is 21.1 Å². The number of hydrogen-bond donors (Lipinski definition) is 3. The lowest BCUT2D eigenvalue weighted by molar-refractivity contribution is -0.140. The summed E-state index contributed by atoms with van der Waals surface area (Å²) in [6.45, 7) is 5.84. The van der Waals surface area contributed by atoms with Crippen molar-refractivity contribution in [3.05, 3.63) is 29.8 Å². The number of nitrogens with two attached hydrogens (primary N) is 1. The molecule has 0 aliphatic rings. The van der Waals surface area contributed by atoms with Crippen LogP contribution in [0.1, 0.15) is 39.2 Å². The van der Waals surface area contributed by atoms with Crippen molar-refractivity contribution in [1.29, 1.82) is 0 Å². The average Bonchev–Trinajstić information content (AvgIpc) is 2.62. The molecule has 1 rings (SSSR count). The Morgan fingerprint density at radius 1 is 1.23 bits per heavy atom. The SMILES string of the molecule is CCC(NC(=O)C(N)CC(C)C)C(=O)C(=O)NCc1cccc(OC)c1. The van der Waals surface area contributed by atoms with E-state index in [9.17, 15) is 14.4 Å². The Bertz CT molecular complexity index is 631. The smallest absolute Gasteiger partial charge is 0.289 e. The molecule has 2 unspecified atom stereocenters. The van der Waals surface area contributed by atoms with Crippen molar-refractivity contribution in [2.45, 2.75) is 52.2 Å². The van der Waals surface area contributed by atoms with E-state index < -0.39 is 29.7 Å². The third kappa shape index (κ3) is 6.84. The van der Waals surface area contributed by atoms with Gasteiger partial charge >= 0.3 is 0 Å². The van der Waals surface area contributed by atoms with Crippen LogP contribution in [-0.4, -0.2) is 36.8 Å². The van der Waals surface area contributed by atoms with Crippen LogP contribution in [0.25, 0.3) is 0 Å². The molecule has 0 saturated heterocycles. The molecule has 0 radical (unpaired) electrons. The molecule has 26 heavy (non-hydrogen) atoms. The molecule has 0 aromatic heterocycles. The lowest BCUT2D eigenvalue weighted by atomic mass is 10.0. The first-order valence-electron chi connectivity index (χ1n) is 8.79. The normalized spacial score (nSPS) is 13.0. The standard InChI is InChI=1S/C19H29N3O4/c1-5-16(22-18(24)15(20)9-12(2)3)17(23)19(25)21-11-13-7-6-8-14(10-13)26-4/h6-8,10,12,15-16H,5,9,11,20H2,1-4H3,(H,21,25)(H,22,24). The number of carbonyl (C=O) groups excluding carboxylic acids is 3. The number of rotatable bonds is 10. The number of benzene rings is 1. The number of nitrogens with one attached hydrogen (secondary N) is 2. The summed E-state index contributed by atoms with van der Waals surface area (Å²) in [5.41, 5.74) is 6.63. The summed E-state index contributed by atoms with van der Waals surface area (Å²) in [5.74, 6) is -0.906. The van der Waals surface area contributed by atoms with E-state index in [1.807, 2.05) is 19.9 Å². The Kier molecular flexibility index (Phi) is 8.78. The number of carbonyl (C=O) groups is 3. The minimum absolute atomic E-state index is 0.193. The second-order valence-corrected chi connectivity index (χ2v) is 6.60. The largest absolute Gasteiger partial charge is 0.497 e. The molecular weight excluding hydrogens is 334 g/mol. The molecular formula is C19H29N3O4. The van der Waals surface area contributed by atoms with Crippen LogP contribution in [0, 0.1) is 5.92 Å². The molecule has 2 atom stereocenters. The zero-order valence-corrected chi connectivity index (χ0v) is 15.9. The number of ether oxygens (including phenoxy) is 1. The first-order valence-corrected chi connectivity index (χ1v) is 8.79. The van der Waals surface area contributed by atoms with E-state index in [1.54, 1.807) is 32.2 Å². The highest BCUT2D eigenvalue weighted by Crippen LogP contribution is 2.12. The van der Waals surface area contributed by atoms with Gasteiger partial charge in [0.1, 0.15) is 5.75 Å². The zero-order valence-electron chi connectivity index (χ0n) is 15.9. The predicted octanol–water partition coefficient (Wildman–Crippen LogP) is 1.15. The lowest BCUT2D eigenvalue weighted by Gasteiger charge is -2.19. The van der Waals surface area contributed by atoms with Crippen molar-refractivity contribution in [1.82, 2.24) is 10.6 Å². The van der Waals surface area contributed by atoms with Crippen molar-refractivity contribution < 1.29 is 19.1 Å². The molecule has 0 bridgehead atoms. The van der Waals surface area contributed by atoms with Gasteiger partial charge in [0.15, 0.2) is 0 Å². The fourth-order valence-electron chi connectivity index (χ4n) is 2.46. The molecule has 7 heteroatoms. The number of ketones is 1. The van der Waals surface area contributed by atoms with Crippen LogP contribution in [0.4, 0.5) is 0 Å². The maximum absolute atomic E-state index is 12.3. The van der Waals surface area contributed by atoms with Gasteiger partial charge in [0.05, 0.1) is 19.2 Å². The molecule has 7 nitrogen and oxygen atoms in total. The summed E-state index contributed by atoms with van der Waals surface area (Å²) in [6.07, 6.45) is 0.823. The predicted molar refractivity (Wildman–Crippen MR) is 99.5 cm³/mol. The van der Waals surface area contributed by atoms with Gasteiger partial charge in [-0.3, -0.25) is 14.4 Å². The Hall–Kier alpha value is -2.41. The van der Waals surface area contributed by atoms with Gasteiger partial charge in [0, 0.05) is 6.54 Å². The van der Waals surface area contributed by atoms with Crippen LogP contribution in [0.5, 0.6) is 5.75 Å².